The Morgan fingerprint density at radius 3 is 2.27 bits per heavy atom. The molecule has 1 amide bonds. The van der Waals surface area contributed by atoms with Crippen LogP contribution in [0, 0.1) is 0 Å². The van der Waals surface area contributed by atoms with E-state index < -0.39 is 0 Å². The second-order valence-corrected chi connectivity index (χ2v) is 7.21. The summed E-state index contributed by atoms with van der Waals surface area (Å²) >= 11 is 0. The molecular formula is C22H28N2O2. The molecule has 2 aromatic rings. The van der Waals surface area contributed by atoms with Crippen LogP contribution in [-0.2, 0) is 11.2 Å². The minimum Gasteiger partial charge on any atom is -0.457 e. The maximum atomic E-state index is 12.5. The number of carbonyl (C=O) groups excluding carboxylic acids is 1. The molecule has 1 saturated heterocycles. The third-order valence-electron chi connectivity index (χ3n) is 4.67. The maximum Gasteiger partial charge on any atom is 0.226 e. The number of likely N-dealkylation sites (tertiary alicyclic amines) is 1. The second kappa shape index (κ2) is 8.86. The normalized spacial score (nSPS) is 15.3. The van der Waals surface area contributed by atoms with Gasteiger partial charge in [0.05, 0.1) is 6.42 Å². The van der Waals surface area contributed by atoms with Crippen molar-refractivity contribution in [2.75, 3.05) is 13.1 Å². The Morgan fingerprint density at radius 1 is 1.04 bits per heavy atom. The van der Waals surface area contributed by atoms with E-state index in [4.69, 9.17) is 4.74 Å². The van der Waals surface area contributed by atoms with E-state index >= 15 is 0 Å². The summed E-state index contributed by atoms with van der Waals surface area (Å²) < 4.78 is 5.80. The highest BCUT2D eigenvalue weighted by Gasteiger charge is 2.22. The van der Waals surface area contributed by atoms with Gasteiger partial charge in [0.15, 0.2) is 0 Å². The van der Waals surface area contributed by atoms with Crippen molar-refractivity contribution in [2.24, 2.45) is 0 Å². The number of nitrogens with zero attached hydrogens (tertiary/aromatic N) is 1. The third kappa shape index (κ3) is 5.33. The fourth-order valence-electron chi connectivity index (χ4n) is 3.35. The van der Waals surface area contributed by atoms with Crippen molar-refractivity contribution < 1.29 is 9.53 Å². The van der Waals surface area contributed by atoms with Crippen LogP contribution in [0.25, 0.3) is 0 Å². The number of carbonyl (C=O) groups is 1. The quantitative estimate of drug-likeness (QED) is 0.854. The molecule has 0 spiro atoms. The molecule has 26 heavy (non-hydrogen) atoms. The molecule has 0 unspecified atom stereocenters. The van der Waals surface area contributed by atoms with E-state index in [1.54, 1.807) is 0 Å². The molecule has 1 N–H and O–H groups in total. The number of nitrogens with one attached hydrogen (secondary N) is 1. The van der Waals surface area contributed by atoms with Gasteiger partial charge in [-0.3, -0.25) is 4.79 Å². The molecule has 0 atom stereocenters. The molecule has 1 fully saturated rings. The molecule has 2 aromatic carbocycles. The van der Waals surface area contributed by atoms with Gasteiger partial charge < -0.3 is 15.0 Å². The molecule has 0 saturated carbocycles. The number of ether oxygens (including phenoxy) is 1. The molecule has 1 aliphatic rings. The van der Waals surface area contributed by atoms with Gasteiger partial charge in [0.25, 0.3) is 0 Å². The van der Waals surface area contributed by atoms with E-state index in [1.165, 1.54) is 0 Å². The average Bonchev–Trinajstić information content (AvgIpc) is 2.64. The van der Waals surface area contributed by atoms with Crippen molar-refractivity contribution in [3.05, 3.63) is 60.2 Å². The van der Waals surface area contributed by atoms with Crippen LogP contribution in [0.1, 0.15) is 32.3 Å². The number of para-hydroxylation sites is 1. The number of hydrogen-bond donors (Lipinski definition) is 1. The Hall–Kier alpha value is -2.33. The van der Waals surface area contributed by atoms with Crippen LogP contribution >= 0.6 is 0 Å². The minimum absolute atomic E-state index is 0.213. The minimum atomic E-state index is 0.213. The van der Waals surface area contributed by atoms with Crippen LogP contribution in [0.2, 0.25) is 0 Å². The Balaban J connectivity index is 1.49. The van der Waals surface area contributed by atoms with Crippen molar-refractivity contribution in [2.45, 2.75) is 45.2 Å². The average molecular weight is 352 g/mol. The van der Waals surface area contributed by atoms with Gasteiger partial charge in [0.2, 0.25) is 5.91 Å². The Bertz CT molecular complexity index is 690. The predicted octanol–water partition coefficient (Wildman–Crippen LogP) is 4.01. The number of hydrogen-bond acceptors (Lipinski definition) is 3. The highest BCUT2D eigenvalue weighted by atomic mass is 16.5. The second-order valence-electron chi connectivity index (χ2n) is 7.21. The monoisotopic (exact) mass is 352 g/mol. The smallest absolute Gasteiger partial charge is 0.226 e. The molecule has 0 bridgehead atoms. The number of benzene rings is 2. The van der Waals surface area contributed by atoms with E-state index in [-0.39, 0.29) is 5.91 Å². The van der Waals surface area contributed by atoms with E-state index in [1.807, 2.05) is 59.5 Å². The summed E-state index contributed by atoms with van der Waals surface area (Å²) in [6.07, 6.45) is 2.52. The largest absolute Gasteiger partial charge is 0.457 e. The van der Waals surface area contributed by atoms with Crippen LogP contribution in [-0.4, -0.2) is 36.0 Å². The van der Waals surface area contributed by atoms with Gasteiger partial charge >= 0.3 is 0 Å². The van der Waals surface area contributed by atoms with Crippen LogP contribution < -0.4 is 10.1 Å². The summed E-state index contributed by atoms with van der Waals surface area (Å²) in [5, 5.41) is 3.57. The lowest BCUT2D eigenvalue weighted by molar-refractivity contribution is -0.131. The zero-order chi connectivity index (χ0) is 18.4. The van der Waals surface area contributed by atoms with E-state index in [0.29, 0.717) is 18.5 Å². The van der Waals surface area contributed by atoms with Crippen LogP contribution in [0.5, 0.6) is 11.5 Å². The summed E-state index contributed by atoms with van der Waals surface area (Å²) in [4.78, 5) is 14.5. The fraction of sp³-hybridized carbons (Fsp3) is 0.409. The van der Waals surface area contributed by atoms with Crippen molar-refractivity contribution >= 4 is 5.91 Å². The zero-order valence-electron chi connectivity index (χ0n) is 15.7. The maximum absolute atomic E-state index is 12.5. The number of amides is 1. The standard InChI is InChI=1S/C22H28N2O2/c1-17(2)23-19-12-14-24(15-13-19)22(25)16-18-8-10-21(11-9-18)26-20-6-4-3-5-7-20/h3-11,17,19,23H,12-16H2,1-2H3. The Kier molecular flexibility index (Phi) is 6.29. The van der Waals surface area contributed by atoms with Crippen molar-refractivity contribution in [3.63, 3.8) is 0 Å². The molecule has 1 aliphatic heterocycles. The van der Waals surface area contributed by atoms with Crippen LogP contribution in [0.4, 0.5) is 0 Å². The summed E-state index contributed by atoms with van der Waals surface area (Å²) in [7, 11) is 0. The molecule has 138 valence electrons. The first kappa shape index (κ1) is 18.5. The topological polar surface area (TPSA) is 41.6 Å². The molecule has 0 aliphatic carbocycles. The highest BCUT2D eigenvalue weighted by Crippen LogP contribution is 2.21. The van der Waals surface area contributed by atoms with Gasteiger partial charge in [-0.1, -0.05) is 44.2 Å². The lowest BCUT2D eigenvalue weighted by atomic mass is 10.0. The van der Waals surface area contributed by atoms with Gasteiger partial charge in [-0.25, -0.2) is 0 Å². The highest BCUT2D eigenvalue weighted by molar-refractivity contribution is 5.78. The summed E-state index contributed by atoms with van der Waals surface area (Å²) in [5.74, 6) is 1.81. The summed E-state index contributed by atoms with van der Waals surface area (Å²) in [6, 6.07) is 18.5. The molecule has 4 nitrogen and oxygen atoms in total. The number of piperidine rings is 1. The molecule has 1 heterocycles. The van der Waals surface area contributed by atoms with Gasteiger partial charge in [-0.2, -0.15) is 0 Å². The summed E-state index contributed by atoms with van der Waals surface area (Å²) in [6.45, 7) is 6.03. The van der Waals surface area contributed by atoms with Crippen LogP contribution in [0.3, 0.4) is 0 Å². The number of rotatable bonds is 6. The lowest BCUT2D eigenvalue weighted by Gasteiger charge is -2.33. The van der Waals surface area contributed by atoms with Gasteiger partial charge in [-0.15, -0.1) is 0 Å². The SMILES string of the molecule is CC(C)NC1CCN(C(=O)Cc2ccc(Oc3ccccc3)cc2)CC1. The first-order valence-corrected chi connectivity index (χ1v) is 9.46. The van der Waals surface area contributed by atoms with Gasteiger partial charge in [0.1, 0.15) is 11.5 Å². The Morgan fingerprint density at radius 2 is 1.65 bits per heavy atom. The van der Waals surface area contributed by atoms with Gasteiger partial charge in [0, 0.05) is 25.2 Å². The molecule has 0 radical (unpaired) electrons. The van der Waals surface area contributed by atoms with E-state index in [9.17, 15) is 4.79 Å². The Labute approximate surface area is 156 Å². The van der Waals surface area contributed by atoms with Crippen molar-refractivity contribution in [1.82, 2.24) is 10.2 Å². The van der Waals surface area contributed by atoms with Crippen molar-refractivity contribution in [3.8, 4) is 11.5 Å². The molecular weight excluding hydrogens is 324 g/mol. The zero-order valence-corrected chi connectivity index (χ0v) is 15.7. The first-order chi connectivity index (χ1) is 12.6. The van der Waals surface area contributed by atoms with E-state index in [2.05, 4.69) is 19.2 Å². The fourth-order valence-corrected chi connectivity index (χ4v) is 3.35. The predicted molar refractivity (Wildman–Crippen MR) is 105 cm³/mol. The molecule has 4 heteroatoms. The third-order valence-corrected chi connectivity index (χ3v) is 4.67. The van der Waals surface area contributed by atoms with E-state index in [0.717, 1.165) is 43.0 Å². The van der Waals surface area contributed by atoms with Crippen molar-refractivity contribution in [1.29, 1.82) is 0 Å². The molecule has 0 aromatic heterocycles. The lowest BCUT2D eigenvalue weighted by Crippen LogP contribution is -2.47. The van der Waals surface area contributed by atoms with Crippen LogP contribution in [0.15, 0.2) is 54.6 Å². The summed E-state index contributed by atoms with van der Waals surface area (Å²) in [5.41, 5.74) is 1.03. The van der Waals surface area contributed by atoms with Gasteiger partial charge in [-0.05, 0) is 42.7 Å². The first-order valence-electron chi connectivity index (χ1n) is 9.46. The molecule has 3 rings (SSSR count).